The molecule has 1 aromatic rings. The molecule has 1 aromatic carbocycles. The van der Waals surface area contributed by atoms with Gasteiger partial charge in [0.15, 0.2) is 0 Å². The van der Waals surface area contributed by atoms with Crippen molar-refractivity contribution in [2.45, 2.75) is 37.8 Å². The molecule has 1 fully saturated rings. The molecule has 0 radical (unpaired) electrons. The van der Waals surface area contributed by atoms with E-state index in [9.17, 15) is 9.90 Å². The molecule has 1 aliphatic rings. The van der Waals surface area contributed by atoms with E-state index in [0.717, 1.165) is 30.8 Å². The van der Waals surface area contributed by atoms with Gasteiger partial charge in [0.2, 0.25) is 5.91 Å². The first kappa shape index (κ1) is 18.2. The van der Waals surface area contributed by atoms with Gasteiger partial charge in [-0.05, 0) is 43.5 Å². The second-order valence-corrected chi connectivity index (χ2v) is 5.65. The number of hydrogen-bond acceptors (Lipinski definition) is 3. The molecule has 4 nitrogen and oxygen atoms in total. The lowest BCUT2D eigenvalue weighted by atomic mass is 10.0. The van der Waals surface area contributed by atoms with E-state index in [0.29, 0.717) is 13.0 Å². The zero-order valence-corrected chi connectivity index (χ0v) is 13.4. The van der Waals surface area contributed by atoms with E-state index in [4.69, 9.17) is 11.6 Å². The number of carbonyl (C=O) groups is 1. The summed E-state index contributed by atoms with van der Waals surface area (Å²) in [6.45, 7) is 1.39. The molecule has 118 valence electrons. The van der Waals surface area contributed by atoms with Crippen LogP contribution in [0.15, 0.2) is 24.3 Å². The Morgan fingerprint density at radius 3 is 2.76 bits per heavy atom. The highest BCUT2D eigenvalue weighted by Gasteiger charge is 2.23. The van der Waals surface area contributed by atoms with E-state index in [1.54, 1.807) is 0 Å². The number of hydrogen-bond donors (Lipinski definition) is 3. The summed E-state index contributed by atoms with van der Waals surface area (Å²) in [7, 11) is 0. The van der Waals surface area contributed by atoms with E-state index >= 15 is 0 Å². The van der Waals surface area contributed by atoms with Gasteiger partial charge in [-0.3, -0.25) is 4.79 Å². The topological polar surface area (TPSA) is 61.4 Å². The standard InChI is InChI=1S/C15H21ClN2O2.ClH/c16-12-6-4-11(5-7-12)2-1-3-15(20)18-13-8-9-17-10-14(13)19;/h4-7,13-14,17,19H,1-3,8-10H2,(H,18,20);1H/t13-,14-;/m1./s1. The van der Waals surface area contributed by atoms with Gasteiger partial charge in [-0.25, -0.2) is 0 Å². The third-order valence-corrected chi connectivity index (χ3v) is 3.83. The molecule has 2 atom stereocenters. The monoisotopic (exact) mass is 332 g/mol. The van der Waals surface area contributed by atoms with Crippen molar-refractivity contribution in [3.8, 4) is 0 Å². The Kier molecular flexibility index (Phi) is 8.04. The first-order chi connectivity index (χ1) is 9.65. The average Bonchev–Trinajstić information content (AvgIpc) is 2.44. The normalized spacial score (nSPS) is 21.4. The van der Waals surface area contributed by atoms with Crippen molar-refractivity contribution < 1.29 is 9.90 Å². The molecule has 1 aliphatic heterocycles. The van der Waals surface area contributed by atoms with Gasteiger partial charge in [0.25, 0.3) is 0 Å². The fraction of sp³-hybridized carbons (Fsp3) is 0.533. The van der Waals surface area contributed by atoms with E-state index in [-0.39, 0.29) is 24.4 Å². The lowest BCUT2D eigenvalue weighted by Crippen LogP contribution is -2.52. The summed E-state index contributed by atoms with van der Waals surface area (Å²) in [5, 5.41) is 16.5. The number of aryl methyl sites for hydroxylation is 1. The Hall–Kier alpha value is -0.810. The van der Waals surface area contributed by atoms with Crippen LogP contribution in [0.3, 0.4) is 0 Å². The molecule has 21 heavy (non-hydrogen) atoms. The summed E-state index contributed by atoms with van der Waals surface area (Å²) in [4.78, 5) is 11.8. The molecule has 0 spiro atoms. The van der Waals surface area contributed by atoms with Crippen LogP contribution in [0.4, 0.5) is 0 Å². The predicted molar refractivity (Wildman–Crippen MR) is 87.1 cm³/mol. The van der Waals surface area contributed by atoms with E-state index < -0.39 is 6.10 Å². The maximum absolute atomic E-state index is 11.8. The quantitative estimate of drug-likeness (QED) is 0.772. The zero-order chi connectivity index (χ0) is 14.4. The Bertz CT molecular complexity index is 440. The summed E-state index contributed by atoms with van der Waals surface area (Å²) in [6.07, 6.45) is 2.45. The summed E-state index contributed by atoms with van der Waals surface area (Å²) in [5.41, 5.74) is 1.18. The fourth-order valence-corrected chi connectivity index (χ4v) is 2.52. The summed E-state index contributed by atoms with van der Waals surface area (Å²) in [5.74, 6) is 0.0184. The summed E-state index contributed by atoms with van der Waals surface area (Å²) >= 11 is 5.83. The molecule has 0 aromatic heterocycles. The smallest absolute Gasteiger partial charge is 0.220 e. The number of halogens is 2. The van der Waals surface area contributed by atoms with Crippen LogP contribution in [0.25, 0.3) is 0 Å². The van der Waals surface area contributed by atoms with Gasteiger partial charge in [0, 0.05) is 18.0 Å². The number of nitrogens with one attached hydrogen (secondary N) is 2. The van der Waals surface area contributed by atoms with Gasteiger partial charge in [0.05, 0.1) is 12.1 Å². The molecule has 0 aliphatic carbocycles. The highest BCUT2D eigenvalue weighted by molar-refractivity contribution is 6.30. The minimum atomic E-state index is -0.482. The maximum Gasteiger partial charge on any atom is 0.220 e. The molecule has 0 bridgehead atoms. The molecular weight excluding hydrogens is 311 g/mol. The number of piperidine rings is 1. The molecular formula is C15H22Cl2N2O2. The van der Waals surface area contributed by atoms with Gasteiger partial charge in [0.1, 0.15) is 0 Å². The van der Waals surface area contributed by atoms with Crippen LogP contribution in [-0.2, 0) is 11.2 Å². The highest BCUT2D eigenvalue weighted by atomic mass is 35.5. The predicted octanol–water partition coefficient (Wildman–Crippen LogP) is 1.92. The van der Waals surface area contributed by atoms with Gasteiger partial charge in [-0.15, -0.1) is 12.4 Å². The minimum Gasteiger partial charge on any atom is -0.390 e. The van der Waals surface area contributed by atoms with Crippen molar-refractivity contribution >= 4 is 29.9 Å². The van der Waals surface area contributed by atoms with Crippen molar-refractivity contribution in [3.63, 3.8) is 0 Å². The molecule has 6 heteroatoms. The second kappa shape index (κ2) is 9.26. The molecule has 0 unspecified atom stereocenters. The lowest BCUT2D eigenvalue weighted by Gasteiger charge is -2.29. The van der Waals surface area contributed by atoms with Crippen molar-refractivity contribution in [2.24, 2.45) is 0 Å². The van der Waals surface area contributed by atoms with Crippen LogP contribution >= 0.6 is 24.0 Å². The molecule has 1 heterocycles. The largest absolute Gasteiger partial charge is 0.390 e. The maximum atomic E-state index is 11.8. The van der Waals surface area contributed by atoms with Crippen LogP contribution in [0, 0.1) is 0 Å². The Labute approximate surface area is 136 Å². The minimum absolute atomic E-state index is 0. The number of amides is 1. The number of rotatable bonds is 5. The first-order valence-electron chi connectivity index (χ1n) is 7.08. The summed E-state index contributed by atoms with van der Waals surface area (Å²) < 4.78 is 0. The molecule has 2 rings (SSSR count). The van der Waals surface area contributed by atoms with Gasteiger partial charge >= 0.3 is 0 Å². The Morgan fingerprint density at radius 2 is 2.10 bits per heavy atom. The van der Waals surface area contributed by atoms with Crippen molar-refractivity contribution in [1.82, 2.24) is 10.6 Å². The van der Waals surface area contributed by atoms with Crippen LogP contribution in [-0.4, -0.2) is 36.2 Å². The van der Waals surface area contributed by atoms with Crippen molar-refractivity contribution in [1.29, 1.82) is 0 Å². The van der Waals surface area contributed by atoms with Gasteiger partial charge in [-0.1, -0.05) is 23.7 Å². The van der Waals surface area contributed by atoms with Crippen molar-refractivity contribution in [2.75, 3.05) is 13.1 Å². The third kappa shape index (κ3) is 6.22. The molecule has 0 saturated carbocycles. The van der Waals surface area contributed by atoms with Gasteiger partial charge in [-0.2, -0.15) is 0 Å². The van der Waals surface area contributed by atoms with Crippen LogP contribution in [0.5, 0.6) is 0 Å². The number of carbonyl (C=O) groups excluding carboxylic acids is 1. The first-order valence-corrected chi connectivity index (χ1v) is 7.45. The van der Waals surface area contributed by atoms with Gasteiger partial charge < -0.3 is 15.7 Å². The highest BCUT2D eigenvalue weighted by Crippen LogP contribution is 2.12. The summed E-state index contributed by atoms with van der Waals surface area (Å²) in [6, 6.07) is 7.58. The Morgan fingerprint density at radius 1 is 1.38 bits per heavy atom. The number of aliphatic hydroxyl groups excluding tert-OH is 1. The van der Waals surface area contributed by atoms with E-state index in [2.05, 4.69) is 10.6 Å². The number of β-amino-alcohol motifs (C(OH)–C–C–N with tert-alkyl or cyclic N) is 1. The van der Waals surface area contributed by atoms with Crippen molar-refractivity contribution in [3.05, 3.63) is 34.9 Å². The zero-order valence-electron chi connectivity index (χ0n) is 11.8. The van der Waals surface area contributed by atoms with Crippen LogP contribution in [0.1, 0.15) is 24.8 Å². The molecule has 3 N–H and O–H groups in total. The van der Waals surface area contributed by atoms with Crippen LogP contribution in [0.2, 0.25) is 5.02 Å². The fourth-order valence-electron chi connectivity index (χ4n) is 2.39. The molecule has 1 amide bonds. The third-order valence-electron chi connectivity index (χ3n) is 3.58. The Balaban J connectivity index is 0.00000220. The molecule has 1 saturated heterocycles. The number of aliphatic hydroxyl groups is 1. The van der Waals surface area contributed by atoms with E-state index in [1.165, 1.54) is 5.56 Å². The lowest BCUT2D eigenvalue weighted by molar-refractivity contribution is -0.123. The van der Waals surface area contributed by atoms with Crippen LogP contribution < -0.4 is 10.6 Å². The average molecular weight is 333 g/mol. The SMILES string of the molecule is Cl.O=C(CCCc1ccc(Cl)cc1)N[C@@H]1CCNC[C@H]1O. The van der Waals surface area contributed by atoms with E-state index in [1.807, 2.05) is 24.3 Å². The second-order valence-electron chi connectivity index (χ2n) is 5.21. The number of benzene rings is 1.